The molecular weight excluding hydrogens is 480 g/mol. The Morgan fingerprint density at radius 1 is 0.741 bits per heavy atom. The summed E-state index contributed by atoms with van der Waals surface area (Å²) in [6.07, 6.45) is 0.699. The van der Waals surface area contributed by atoms with Crippen molar-refractivity contribution in [3.63, 3.8) is 0 Å². The van der Waals surface area contributed by atoms with E-state index in [1.165, 1.54) is 0 Å². The largest absolute Gasteiger partial charge is 0.492 e. The fourth-order valence-corrected chi connectivity index (χ4v) is 3.04. The summed E-state index contributed by atoms with van der Waals surface area (Å²) in [5, 5.41) is 0. The van der Waals surface area contributed by atoms with Crippen molar-refractivity contribution in [1.29, 1.82) is 0 Å². The van der Waals surface area contributed by atoms with Crippen LogP contribution in [0.3, 0.4) is 0 Å². The standard InChI is InChI=1S/C17H20Br2N6O2/c18-12-8-10(24-16(20)21)2-4-14(12)26-6-1-7-27-15-5-3-11(9-13(15)19)25-17(22)23/h2-5,8-9H,1,6-7H2,(H4,20,21,24)(H4,22,23,25). The van der Waals surface area contributed by atoms with Gasteiger partial charge >= 0.3 is 0 Å². The van der Waals surface area contributed by atoms with Crippen LogP contribution in [0.2, 0.25) is 0 Å². The average molecular weight is 500 g/mol. The first-order chi connectivity index (χ1) is 12.8. The van der Waals surface area contributed by atoms with Crippen LogP contribution in [0.4, 0.5) is 11.4 Å². The van der Waals surface area contributed by atoms with Crippen LogP contribution in [0.5, 0.6) is 11.5 Å². The molecule has 2 rings (SSSR count). The van der Waals surface area contributed by atoms with Crippen LogP contribution in [-0.2, 0) is 0 Å². The van der Waals surface area contributed by atoms with Crippen molar-refractivity contribution in [2.75, 3.05) is 13.2 Å². The first kappa shape index (κ1) is 20.8. The molecular formula is C17H20Br2N6O2. The van der Waals surface area contributed by atoms with Gasteiger partial charge in [-0.15, -0.1) is 0 Å². The molecule has 10 heteroatoms. The highest BCUT2D eigenvalue weighted by Crippen LogP contribution is 2.30. The van der Waals surface area contributed by atoms with E-state index in [2.05, 4.69) is 41.8 Å². The predicted octanol–water partition coefficient (Wildman–Crippen LogP) is 2.87. The zero-order chi connectivity index (χ0) is 19.8. The van der Waals surface area contributed by atoms with Crippen LogP contribution in [0.25, 0.3) is 0 Å². The smallest absolute Gasteiger partial charge is 0.191 e. The summed E-state index contributed by atoms with van der Waals surface area (Å²) >= 11 is 6.87. The number of guanidine groups is 2. The maximum Gasteiger partial charge on any atom is 0.191 e. The Hall–Kier alpha value is -2.46. The molecule has 0 saturated carbocycles. The van der Waals surface area contributed by atoms with Gasteiger partial charge in [0.05, 0.1) is 33.5 Å². The van der Waals surface area contributed by atoms with Gasteiger partial charge in [0.25, 0.3) is 0 Å². The highest BCUT2D eigenvalue weighted by atomic mass is 79.9. The van der Waals surface area contributed by atoms with Gasteiger partial charge in [0.15, 0.2) is 11.9 Å². The minimum atomic E-state index is 0.00482. The molecule has 144 valence electrons. The topological polar surface area (TPSA) is 147 Å². The molecule has 2 aromatic rings. The van der Waals surface area contributed by atoms with Gasteiger partial charge in [-0.25, -0.2) is 9.98 Å². The van der Waals surface area contributed by atoms with E-state index < -0.39 is 0 Å². The fraction of sp³-hybridized carbons (Fsp3) is 0.176. The number of nitrogens with zero attached hydrogens (tertiary/aromatic N) is 2. The fourth-order valence-electron chi connectivity index (χ4n) is 2.07. The summed E-state index contributed by atoms with van der Waals surface area (Å²) in [6, 6.07) is 10.7. The molecule has 0 saturated heterocycles. The Bertz CT molecular complexity index is 780. The summed E-state index contributed by atoms with van der Waals surface area (Å²) in [7, 11) is 0. The second-order valence-corrected chi connectivity index (χ2v) is 7.06. The second kappa shape index (κ2) is 10.0. The van der Waals surface area contributed by atoms with Crippen LogP contribution in [-0.4, -0.2) is 25.1 Å². The first-order valence-electron chi connectivity index (χ1n) is 7.89. The Morgan fingerprint density at radius 2 is 1.15 bits per heavy atom. The van der Waals surface area contributed by atoms with Gasteiger partial charge in [-0.3, -0.25) is 0 Å². The lowest BCUT2D eigenvalue weighted by Crippen LogP contribution is -2.21. The molecule has 0 aliphatic heterocycles. The predicted molar refractivity (Wildman–Crippen MR) is 115 cm³/mol. The van der Waals surface area contributed by atoms with Crippen LogP contribution >= 0.6 is 31.9 Å². The molecule has 0 unspecified atom stereocenters. The van der Waals surface area contributed by atoms with E-state index in [9.17, 15) is 0 Å². The Kier molecular flexibility index (Phi) is 7.74. The van der Waals surface area contributed by atoms with Crippen LogP contribution in [0.15, 0.2) is 55.3 Å². The van der Waals surface area contributed by atoms with Gasteiger partial charge in [-0.05, 0) is 68.3 Å². The molecule has 2 aromatic carbocycles. The van der Waals surface area contributed by atoms with E-state index in [4.69, 9.17) is 32.4 Å². The normalized spacial score (nSPS) is 10.1. The van der Waals surface area contributed by atoms with Crippen molar-refractivity contribution in [3.8, 4) is 11.5 Å². The molecule has 0 bridgehead atoms. The summed E-state index contributed by atoms with van der Waals surface area (Å²) in [4.78, 5) is 7.95. The van der Waals surface area contributed by atoms with Crippen molar-refractivity contribution in [3.05, 3.63) is 45.3 Å². The Morgan fingerprint density at radius 3 is 1.48 bits per heavy atom. The minimum absolute atomic E-state index is 0.00482. The lowest BCUT2D eigenvalue weighted by Gasteiger charge is -2.11. The lowest BCUT2D eigenvalue weighted by atomic mass is 10.3. The molecule has 8 N–H and O–H groups in total. The van der Waals surface area contributed by atoms with Gasteiger partial charge in [-0.2, -0.15) is 0 Å². The van der Waals surface area contributed by atoms with E-state index in [0.29, 0.717) is 42.5 Å². The van der Waals surface area contributed by atoms with E-state index in [0.717, 1.165) is 8.95 Å². The van der Waals surface area contributed by atoms with Crippen LogP contribution < -0.4 is 32.4 Å². The number of benzene rings is 2. The van der Waals surface area contributed by atoms with Crippen molar-refractivity contribution in [2.45, 2.75) is 6.42 Å². The first-order valence-corrected chi connectivity index (χ1v) is 9.47. The molecule has 0 spiro atoms. The number of ether oxygens (including phenoxy) is 2. The average Bonchev–Trinajstić information content (AvgIpc) is 2.57. The number of rotatable bonds is 8. The molecule has 0 atom stereocenters. The second-order valence-electron chi connectivity index (χ2n) is 5.35. The highest BCUT2D eigenvalue weighted by molar-refractivity contribution is 9.10. The zero-order valence-electron chi connectivity index (χ0n) is 14.4. The zero-order valence-corrected chi connectivity index (χ0v) is 17.5. The molecule has 0 fully saturated rings. The molecule has 0 amide bonds. The molecule has 27 heavy (non-hydrogen) atoms. The van der Waals surface area contributed by atoms with Crippen LogP contribution in [0.1, 0.15) is 6.42 Å². The number of halogens is 2. The summed E-state index contributed by atoms with van der Waals surface area (Å²) in [5.41, 5.74) is 22.7. The Balaban J connectivity index is 1.81. The maximum atomic E-state index is 5.73. The number of hydrogen-bond acceptors (Lipinski definition) is 4. The van der Waals surface area contributed by atoms with E-state index in [1.54, 1.807) is 36.4 Å². The van der Waals surface area contributed by atoms with Crippen LogP contribution in [0, 0.1) is 0 Å². The van der Waals surface area contributed by atoms with Crippen molar-refractivity contribution < 1.29 is 9.47 Å². The van der Waals surface area contributed by atoms with Gasteiger partial charge in [0.2, 0.25) is 0 Å². The van der Waals surface area contributed by atoms with Crippen molar-refractivity contribution >= 4 is 55.2 Å². The van der Waals surface area contributed by atoms with E-state index in [-0.39, 0.29) is 11.9 Å². The molecule has 0 radical (unpaired) electrons. The summed E-state index contributed by atoms with van der Waals surface area (Å²) < 4.78 is 13.0. The van der Waals surface area contributed by atoms with Gasteiger partial charge in [0, 0.05) is 6.42 Å². The molecule has 0 aliphatic rings. The number of nitrogens with two attached hydrogens (primary N) is 4. The quantitative estimate of drug-likeness (QED) is 0.249. The molecule has 0 aromatic heterocycles. The highest BCUT2D eigenvalue weighted by Gasteiger charge is 2.05. The Labute approximate surface area is 173 Å². The third kappa shape index (κ3) is 6.99. The number of hydrogen-bond donors (Lipinski definition) is 4. The monoisotopic (exact) mass is 498 g/mol. The van der Waals surface area contributed by atoms with Gasteiger partial charge < -0.3 is 32.4 Å². The van der Waals surface area contributed by atoms with E-state index in [1.807, 2.05) is 0 Å². The minimum Gasteiger partial charge on any atom is -0.492 e. The summed E-state index contributed by atoms with van der Waals surface area (Å²) in [5.74, 6) is 1.41. The van der Waals surface area contributed by atoms with Crippen molar-refractivity contribution in [1.82, 2.24) is 0 Å². The molecule has 0 heterocycles. The third-order valence-electron chi connectivity index (χ3n) is 3.15. The summed E-state index contributed by atoms with van der Waals surface area (Å²) in [6.45, 7) is 0.980. The maximum absolute atomic E-state index is 5.73. The molecule has 8 nitrogen and oxygen atoms in total. The van der Waals surface area contributed by atoms with Crippen molar-refractivity contribution in [2.24, 2.45) is 32.9 Å². The lowest BCUT2D eigenvalue weighted by molar-refractivity contribution is 0.246. The molecule has 0 aliphatic carbocycles. The number of aliphatic imine (C=N–C) groups is 2. The third-order valence-corrected chi connectivity index (χ3v) is 4.39. The van der Waals surface area contributed by atoms with E-state index >= 15 is 0 Å². The SMILES string of the molecule is NC(N)=Nc1ccc(OCCCOc2ccc(N=C(N)N)cc2Br)c(Br)c1. The van der Waals surface area contributed by atoms with Gasteiger partial charge in [0.1, 0.15) is 11.5 Å². The van der Waals surface area contributed by atoms with Gasteiger partial charge in [-0.1, -0.05) is 0 Å².